The molecule has 0 bridgehead atoms. The van der Waals surface area contributed by atoms with Gasteiger partial charge in [-0.3, -0.25) is 38.4 Å². The molecule has 0 amide bonds. The van der Waals surface area contributed by atoms with Crippen LogP contribution in [0.3, 0.4) is 0 Å². The number of aliphatic hydroxyl groups is 2. The Morgan fingerprint density at radius 3 is 1.75 bits per heavy atom. The van der Waals surface area contributed by atoms with Crippen molar-refractivity contribution < 1.29 is 81.7 Å². The Balaban J connectivity index is 2.70. The molecule has 3 aliphatic rings. The summed E-state index contributed by atoms with van der Waals surface area (Å²) in [6, 6.07) is 0. The van der Waals surface area contributed by atoms with E-state index in [1.165, 1.54) is 40.7 Å². The van der Waals surface area contributed by atoms with E-state index in [0.717, 1.165) is 47.6 Å². The molecule has 0 radical (unpaired) electrons. The minimum absolute atomic E-state index is 0.552. The Morgan fingerprint density at radius 2 is 1.26 bits per heavy atom. The number of Topliss-reactive ketones (excluding diaryl/α,β-unsaturated/α-hetero) is 1. The molecule has 2 aliphatic carbocycles. The number of hydrogen-bond acceptors (Lipinski definition) is 17. The van der Waals surface area contributed by atoms with E-state index in [4.69, 9.17) is 33.2 Å². The van der Waals surface area contributed by atoms with Crippen molar-refractivity contribution in [2.24, 2.45) is 17.3 Å². The van der Waals surface area contributed by atoms with Gasteiger partial charge in [-0.05, 0) is 19.9 Å². The summed E-state index contributed by atoms with van der Waals surface area (Å²) in [4.78, 5) is 106. The number of carbonyl (C=O) groups excluding carboxylic acids is 8. The molecule has 2 fully saturated rings. The first-order valence-corrected chi connectivity index (χ1v) is 17.1. The van der Waals surface area contributed by atoms with Crippen molar-refractivity contribution in [3.05, 3.63) is 12.2 Å². The van der Waals surface area contributed by atoms with E-state index >= 15 is 0 Å². The summed E-state index contributed by atoms with van der Waals surface area (Å²) < 4.78 is 40.8. The maximum absolute atomic E-state index is 14.7. The first-order chi connectivity index (χ1) is 24.1. The molecule has 17 nitrogen and oxygen atoms in total. The average Bonchev–Trinajstić information content (AvgIpc) is 3.20. The molecule has 2 N–H and O–H groups in total. The van der Waals surface area contributed by atoms with Crippen LogP contribution in [0.15, 0.2) is 12.2 Å². The van der Waals surface area contributed by atoms with Gasteiger partial charge in [0, 0.05) is 59.3 Å². The Morgan fingerprint density at radius 1 is 0.736 bits per heavy atom. The van der Waals surface area contributed by atoms with E-state index in [1.807, 2.05) is 0 Å². The summed E-state index contributed by atoms with van der Waals surface area (Å²) in [5, 5.41) is 24.5. The van der Waals surface area contributed by atoms with Crippen molar-refractivity contribution in [3.8, 4) is 0 Å². The first-order valence-electron chi connectivity index (χ1n) is 17.1. The highest BCUT2D eigenvalue weighted by Gasteiger charge is 2.75. The smallest absolute Gasteiger partial charge is 0.308 e. The fraction of sp³-hybridized carbons (Fsp3) is 0.722. The minimum atomic E-state index is -2.95. The third-order valence-electron chi connectivity index (χ3n) is 9.70. The second kappa shape index (κ2) is 15.2. The van der Waals surface area contributed by atoms with E-state index < -0.39 is 137 Å². The molecule has 1 aliphatic heterocycles. The topological polar surface area (TPSA) is 242 Å². The lowest BCUT2D eigenvalue weighted by Crippen LogP contribution is -2.72. The van der Waals surface area contributed by atoms with Crippen molar-refractivity contribution in [2.75, 3.05) is 0 Å². The highest BCUT2D eigenvalue weighted by Crippen LogP contribution is 2.56. The van der Waals surface area contributed by atoms with Crippen LogP contribution in [-0.2, 0) is 71.5 Å². The standard InChI is InChI=1S/C36H50O17/c1-17(2)30(43)51-29-25(47-18(3)37)28(49-20(5)39)32(8,9)14-15-33(10,45)31(44)35(46)16-34(11,52-21(6)40)26(48-19(4)38)24(35)27-36(29,53-22(7)41)13-12-23(42)50-27/h14-15,17,24-29,45-46H,12-13,16H2,1-11H3/b15-14+/t24-,25+,26-,27-,28-,29-,33-,34-,35-,36+/m1/s1. The van der Waals surface area contributed by atoms with Gasteiger partial charge in [0.05, 0.1) is 11.8 Å². The molecular formula is C36H50O17. The van der Waals surface area contributed by atoms with E-state index in [-0.39, 0.29) is 0 Å². The van der Waals surface area contributed by atoms with Gasteiger partial charge < -0.3 is 43.4 Å². The summed E-state index contributed by atoms with van der Waals surface area (Å²) in [6.45, 7) is 13.1. The van der Waals surface area contributed by atoms with Gasteiger partial charge in [0.1, 0.15) is 16.8 Å². The number of ketones is 1. The maximum atomic E-state index is 14.7. The molecule has 0 aromatic carbocycles. The van der Waals surface area contributed by atoms with E-state index in [1.54, 1.807) is 0 Å². The summed E-state index contributed by atoms with van der Waals surface area (Å²) >= 11 is 0. The molecule has 3 rings (SSSR count). The minimum Gasteiger partial charge on any atom is -0.458 e. The van der Waals surface area contributed by atoms with Crippen LogP contribution in [0, 0.1) is 17.3 Å². The molecule has 1 heterocycles. The quantitative estimate of drug-likeness (QED) is 0.212. The molecule has 17 heteroatoms. The second-order valence-corrected chi connectivity index (χ2v) is 15.3. The third-order valence-corrected chi connectivity index (χ3v) is 9.70. The fourth-order valence-electron chi connectivity index (χ4n) is 7.67. The number of esters is 7. The highest BCUT2D eigenvalue weighted by atomic mass is 16.7. The molecule has 296 valence electrons. The predicted molar refractivity (Wildman–Crippen MR) is 177 cm³/mol. The molecular weight excluding hydrogens is 704 g/mol. The Kier molecular flexibility index (Phi) is 12.3. The Hall–Kier alpha value is -4.38. The number of ether oxygens (including phenoxy) is 7. The summed E-state index contributed by atoms with van der Waals surface area (Å²) in [7, 11) is 0. The SMILES string of the molecule is CC(=O)O[C@H]1[C@@H](OC(C)=O)C(C)(C)/C=C/[C@@](C)(O)C(=O)[C@@]2(O)C[C@@](C)(OC(C)=O)[C@H](OC(C)=O)[C@@H]2[C@H]2OC(=O)CC[C@@]2(OC(C)=O)[C@@H]1OC(=O)C(C)C. The molecule has 0 aromatic heterocycles. The molecule has 0 unspecified atom stereocenters. The Labute approximate surface area is 306 Å². The molecule has 0 aromatic rings. The molecule has 53 heavy (non-hydrogen) atoms. The number of rotatable bonds is 7. The van der Waals surface area contributed by atoms with Crippen molar-refractivity contribution in [1.29, 1.82) is 0 Å². The van der Waals surface area contributed by atoms with Crippen LogP contribution in [0.5, 0.6) is 0 Å². The lowest BCUT2D eigenvalue weighted by atomic mass is 9.66. The maximum Gasteiger partial charge on any atom is 0.308 e. The predicted octanol–water partition coefficient (Wildman–Crippen LogP) is 1.35. The van der Waals surface area contributed by atoms with Crippen LogP contribution in [0.2, 0.25) is 0 Å². The summed E-state index contributed by atoms with van der Waals surface area (Å²) in [6.07, 6.45) is -9.44. The normalized spacial score (nSPS) is 37.2. The van der Waals surface area contributed by atoms with Gasteiger partial charge >= 0.3 is 41.8 Å². The van der Waals surface area contributed by atoms with E-state index in [0.29, 0.717) is 0 Å². The average molecular weight is 755 g/mol. The van der Waals surface area contributed by atoms with Crippen LogP contribution in [-0.4, -0.2) is 111 Å². The zero-order chi connectivity index (χ0) is 40.6. The van der Waals surface area contributed by atoms with Crippen molar-refractivity contribution >= 4 is 47.6 Å². The zero-order valence-electron chi connectivity index (χ0n) is 31.8. The summed E-state index contributed by atoms with van der Waals surface area (Å²) in [5.41, 5.74) is -11.7. The Bertz CT molecular complexity index is 1560. The molecule has 1 saturated heterocycles. The number of hydrogen-bond donors (Lipinski definition) is 2. The largest absolute Gasteiger partial charge is 0.458 e. The monoisotopic (exact) mass is 754 g/mol. The van der Waals surface area contributed by atoms with Gasteiger partial charge in [-0.1, -0.05) is 33.8 Å². The summed E-state index contributed by atoms with van der Waals surface area (Å²) in [5.74, 6) is -11.2. The van der Waals surface area contributed by atoms with Crippen molar-refractivity contribution in [2.45, 2.75) is 148 Å². The van der Waals surface area contributed by atoms with Crippen LogP contribution < -0.4 is 0 Å². The van der Waals surface area contributed by atoms with Gasteiger partial charge in [-0.2, -0.15) is 0 Å². The molecule has 10 atom stereocenters. The molecule has 1 saturated carbocycles. The van der Waals surface area contributed by atoms with Crippen LogP contribution >= 0.6 is 0 Å². The fourth-order valence-corrected chi connectivity index (χ4v) is 7.67. The van der Waals surface area contributed by atoms with Gasteiger partial charge in [-0.25, -0.2) is 0 Å². The van der Waals surface area contributed by atoms with Gasteiger partial charge in [-0.15, -0.1) is 0 Å². The highest BCUT2D eigenvalue weighted by molar-refractivity contribution is 5.97. The second-order valence-electron chi connectivity index (χ2n) is 15.3. The van der Waals surface area contributed by atoms with Crippen LogP contribution in [0.25, 0.3) is 0 Å². The van der Waals surface area contributed by atoms with Gasteiger partial charge in [0.25, 0.3) is 0 Å². The van der Waals surface area contributed by atoms with Crippen molar-refractivity contribution in [1.82, 2.24) is 0 Å². The number of carbonyl (C=O) groups is 8. The van der Waals surface area contributed by atoms with Crippen LogP contribution in [0.1, 0.15) is 95.4 Å². The number of fused-ring (bicyclic) bond motifs is 3. The molecule has 0 spiro atoms. The lowest BCUT2D eigenvalue weighted by molar-refractivity contribution is -0.272. The first kappa shape index (κ1) is 43.0. The van der Waals surface area contributed by atoms with Crippen LogP contribution in [0.4, 0.5) is 0 Å². The van der Waals surface area contributed by atoms with Gasteiger partial charge in [0.2, 0.25) is 0 Å². The van der Waals surface area contributed by atoms with Gasteiger partial charge in [0.15, 0.2) is 41.9 Å². The zero-order valence-corrected chi connectivity index (χ0v) is 31.8. The lowest BCUT2D eigenvalue weighted by Gasteiger charge is -2.53. The van der Waals surface area contributed by atoms with Crippen molar-refractivity contribution in [3.63, 3.8) is 0 Å². The van der Waals surface area contributed by atoms with E-state index in [2.05, 4.69) is 0 Å². The third kappa shape index (κ3) is 8.72. The van der Waals surface area contributed by atoms with E-state index in [9.17, 15) is 48.6 Å².